The van der Waals surface area contributed by atoms with E-state index in [9.17, 15) is 9.18 Å². The van der Waals surface area contributed by atoms with Gasteiger partial charge in [-0.2, -0.15) is 0 Å². The first-order valence-corrected chi connectivity index (χ1v) is 3.93. The van der Waals surface area contributed by atoms with Crippen LogP contribution in [0.5, 0.6) is 0 Å². The molecular formula is C8H10FN3O. The summed E-state index contributed by atoms with van der Waals surface area (Å²) >= 11 is 0. The third-order valence-electron chi connectivity index (χ3n) is 1.50. The number of nitrogens with two attached hydrogens (primary N) is 1. The van der Waals surface area contributed by atoms with Crippen molar-refractivity contribution in [3.8, 4) is 0 Å². The summed E-state index contributed by atoms with van der Waals surface area (Å²) < 4.78 is 12.3. The molecule has 5 heteroatoms. The number of nitrogens with zero attached hydrogens (tertiary/aromatic N) is 2. The van der Waals surface area contributed by atoms with Gasteiger partial charge in [0.2, 0.25) is 5.91 Å². The second kappa shape index (κ2) is 4.49. The minimum atomic E-state index is -0.460. The summed E-state index contributed by atoms with van der Waals surface area (Å²) in [4.78, 5) is 17.8. The van der Waals surface area contributed by atoms with Crippen LogP contribution in [-0.4, -0.2) is 15.9 Å². The zero-order chi connectivity index (χ0) is 9.68. The third-order valence-corrected chi connectivity index (χ3v) is 1.50. The summed E-state index contributed by atoms with van der Waals surface area (Å²) in [5.74, 6) is -0.275. The number of carbonyl (C=O) groups is 1. The Kier molecular flexibility index (Phi) is 3.31. The Morgan fingerprint density at radius 1 is 1.46 bits per heavy atom. The number of hydrogen-bond donors (Lipinski definition) is 1. The number of primary amides is 1. The van der Waals surface area contributed by atoms with Crippen LogP contribution in [0.25, 0.3) is 0 Å². The van der Waals surface area contributed by atoms with Crippen LogP contribution >= 0.6 is 0 Å². The van der Waals surface area contributed by atoms with Crippen molar-refractivity contribution in [3.63, 3.8) is 0 Å². The number of hydrogen-bond acceptors (Lipinski definition) is 3. The van der Waals surface area contributed by atoms with Crippen LogP contribution < -0.4 is 5.73 Å². The van der Waals surface area contributed by atoms with Crippen LogP contribution in [-0.2, 0) is 11.2 Å². The molecule has 1 amide bonds. The Bertz CT molecular complexity index is 286. The predicted octanol–water partition coefficient (Wildman–Crippen LogP) is 0.424. The molecule has 1 rings (SSSR count). The Balaban J connectivity index is 2.37. The monoisotopic (exact) mass is 183 g/mol. The fourth-order valence-corrected chi connectivity index (χ4v) is 0.889. The van der Waals surface area contributed by atoms with E-state index >= 15 is 0 Å². The van der Waals surface area contributed by atoms with Gasteiger partial charge < -0.3 is 5.73 Å². The van der Waals surface area contributed by atoms with Gasteiger partial charge >= 0.3 is 0 Å². The van der Waals surface area contributed by atoms with E-state index in [0.29, 0.717) is 25.1 Å². The smallest absolute Gasteiger partial charge is 0.217 e. The van der Waals surface area contributed by atoms with E-state index in [4.69, 9.17) is 5.73 Å². The van der Waals surface area contributed by atoms with E-state index in [1.807, 2.05) is 0 Å². The molecular weight excluding hydrogens is 173 g/mol. The summed E-state index contributed by atoms with van der Waals surface area (Å²) in [5, 5.41) is 0. The van der Waals surface area contributed by atoms with E-state index in [0.717, 1.165) is 12.4 Å². The number of aryl methyl sites for hydroxylation is 1. The molecule has 0 bridgehead atoms. The molecule has 0 fully saturated rings. The molecule has 0 aliphatic heterocycles. The van der Waals surface area contributed by atoms with E-state index in [1.54, 1.807) is 0 Å². The lowest BCUT2D eigenvalue weighted by molar-refractivity contribution is -0.118. The molecule has 4 nitrogen and oxygen atoms in total. The van der Waals surface area contributed by atoms with Crippen LogP contribution in [0.15, 0.2) is 12.4 Å². The van der Waals surface area contributed by atoms with Gasteiger partial charge in [0.15, 0.2) is 5.82 Å². The minimum absolute atomic E-state index is 0.306. The average Bonchev–Trinajstić information content (AvgIpc) is 2.08. The normalized spacial score (nSPS) is 9.92. The average molecular weight is 183 g/mol. The van der Waals surface area contributed by atoms with Gasteiger partial charge in [0, 0.05) is 12.8 Å². The maximum absolute atomic E-state index is 12.3. The van der Waals surface area contributed by atoms with Crippen LogP contribution in [0.3, 0.4) is 0 Å². The molecule has 1 heterocycles. The zero-order valence-electron chi connectivity index (χ0n) is 7.03. The van der Waals surface area contributed by atoms with Gasteiger partial charge in [0.05, 0.1) is 12.4 Å². The lowest BCUT2D eigenvalue weighted by Crippen LogP contribution is -2.10. The van der Waals surface area contributed by atoms with Crippen molar-refractivity contribution in [1.82, 2.24) is 9.97 Å². The van der Waals surface area contributed by atoms with E-state index in [1.165, 1.54) is 0 Å². The highest BCUT2D eigenvalue weighted by molar-refractivity contribution is 5.73. The second-order valence-electron chi connectivity index (χ2n) is 2.64. The minimum Gasteiger partial charge on any atom is -0.370 e. The topological polar surface area (TPSA) is 68.9 Å². The summed E-state index contributed by atoms with van der Waals surface area (Å²) in [5.41, 5.74) is 4.94. The van der Waals surface area contributed by atoms with Crippen molar-refractivity contribution in [2.75, 3.05) is 0 Å². The molecule has 1 aromatic rings. The number of carbonyl (C=O) groups excluding carboxylic acids is 1. The summed E-state index contributed by atoms with van der Waals surface area (Å²) in [6.07, 6.45) is 3.66. The first-order valence-electron chi connectivity index (χ1n) is 3.93. The van der Waals surface area contributed by atoms with Crippen LogP contribution in [0.1, 0.15) is 18.7 Å². The lowest BCUT2D eigenvalue weighted by atomic mass is 10.2. The van der Waals surface area contributed by atoms with Crippen molar-refractivity contribution in [3.05, 3.63) is 24.0 Å². The highest BCUT2D eigenvalue weighted by atomic mass is 19.1. The van der Waals surface area contributed by atoms with Crippen LogP contribution in [0, 0.1) is 5.82 Å². The Labute approximate surface area is 75.0 Å². The summed E-state index contributed by atoms with van der Waals surface area (Å²) in [6.45, 7) is 0. The first kappa shape index (κ1) is 9.57. The predicted molar refractivity (Wildman–Crippen MR) is 44.1 cm³/mol. The fraction of sp³-hybridized carbons (Fsp3) is 0.375. The molecule has 0 spiro atoms. The van der Waals surface area contributed by atoms with Gasteiger partial charge in [-0.15, -0.1) is 0 Å². The lowest BCUT2D eigenvalue weighted by Gasteiger charge is -1.96. The molecule has 0 aromatic carbocycles. The van der Waals surface area contributed by atoms with Crippen molar-refractivity contribution in [2.24, 2.45) is 5.73 Å². The molecule has 0 saturated carbocycles. The molecule has 0 saturated heterocycles. The van der Waals surface area contributed by atoms with Crippen LogP contribution in [0.4, 0.5) is 4.39 Å². The van der Waals surface area contributed by atoms with Crippen molar-refractivity contribution < 1.29 is 9.18 Å². The molecule has 0 aliphatic carbocycles. The van der Waals surface area contributed by atoms with Crippen molar-refractivity contribution in [2.45, 2.75) is 19.3 Å². The van der Waals surface area contributed by atoms with Crippen molar-refractivity contribution in [1.29, 1.82) is 0 Å². The fourth-order valence-electron chi connectivity index (χ4n) is 0.889. The second-order valence-corrected chi connectivity index (χ2v) is 2.64. The van der Waals surface area contributed by atoms with Gasteiger partial charge in [0.1, 0.15) is 5.82 Å². The Morgan fingerprint density at radius 3 is 2.62 bits per heavy atom. The highest BCUT2D eigenvalue weighted by Crippen LogP contribution is 1.99. The number of halogens is 1. The first-order chi connectivity index (χ1) is 6.18. The van der Waals surface area contributed by atoms with Gasteiger partial charge in [-0.1, -0.05) is 0 Å². The molecule has 0 atom stereocenters. The molecule has 0 aliphatic rings. The zero-order valence-corrected chi connectivity index (χ0v) is 7.03. The third kappa shape index (κ3) is 3.59. The van der Waals surface area contributed by atoms with Gasteiger partial charge in [-0.25, -0.2) is 14.4 Å². The quantitative estimate of drug-likeness (QED) is 0.735. The Hall–Kier alpha value is -1.52. The van der Waals surface area contributed by atoms with Gasteiger partial charge in [-0.3, -0.25) is 4.79 Å². The molecule has 1 aromatic heterocycles. The molecule has 13 heavy (non-hydrogen) atoms. The number of rotatable bonds is 4. The molecule has 2 N–H and O–H groups in total. The van der Waals surface area contributed by atoms with E-state index in [-0.39, 0.29) is 5.91 Å². The number of aromatic nitrogens is 2. The number of amides is 1. The SMILES string of the molecule is NC(=O)CCCc1ncc(F)cn1. The summed E-state index contributed by atoms with van der Waals surface area (Å²) in [6, 6.07) is 0. The van der Waals surface area contributed by atoms with Crippen molar-refractivity contribution >= 4 is 5.91 Å². The Morgan fingerprint density at radius 2 is 2.08 bits per heavy atom. The maximum Gasteiger partial charge on any atom is 0.217 e. The van der Waals surface area contributed by atoms with Crippen LogP contribution in [0.2, 0.25) is 0 Å². The standard InChI is InChI=1S/C8H10FN3O/c9-6-4-11-8(12-5-6)3-1-2-7(10)13/h4-5H,1-3H2,(H2,10,13). The van der Waals surface area contributed by atoms with E-state index in [2.05, 4.69) is 9.97 Å². The molecule has 70 valence electrons. The van der Waals surface area contributed by atoms with Gasteiger partial charge in [0.25, 0.3) is 0 Å². The van der Waals surface area contributed by atoms with E-state index < -0.39 is 5.82 Å². The largest absolute Gasteiger partial charge is 0.370 e. The highest BCUT2D eigenvalue weighted by Gasteiger charge is 1.99. The molecule has 0 radical (unpaired) electrons. The maximum atomic E-state index is 12.3. The van der Waals surface area contributed by atoms with Gasteiger partial charge in [-0.05, 0) is 6.42 Å². The summed E-state index contributed by atoms with van der Waals surface area (Å²) in [7, 11) is 0. The molecule has 0 unspecified atom stereocenters.